The van der Waals surface area contributed by atoms with Gasteiger partial charge in [0.2, 0.25) is 0 Å². The van der Waals surface area contributed by atoms with E-state index in [9.17, 15) is 0 Å². The molecule has 0 atom stereocenters. The average molecular weight is 376 g/mol. The number of rotatable bonds is 2. The standard InChI is InChI=1S/C24H24BNO2/c1-23(2)24(3,4)28-25(27-23)17-14-15-22-20(16-17)19-12-8-9-13-21(19)26(22)18-10-6-5-7-11-18/h5-16H,1-4H3/i8D,9D,12D,13D,14D,15D,16D. The molecule has 3 nitrogen and oxygen atoms in total. The van der Waals surface area contributed by atoms with Gasteiger partial charge in [-0.15, -0.1) is 0 Å². The summed E-state index contributed by atoms with van der Waals surface area (Å²) in [4.78, 5) is 0. The van der Waals surface area contributed by atoms with Gasteiger partial charge in [-0.05, 0) is 57.4 Å². The van der Waals surface area contributed by atoms with Gasteiger partial charge in [-0.3, -0.25) is 0 Å². The topological polar surface area (TPSA) is 23.4 Å². The van der Waals surface area contributed by atoms with E-state index in [0.29, 0.717) is 5.69 Å². The lowest BCUT2D eigenvalue weighted by atomic mass is 9.78. The van der Waals surface area contributed by atoms with Crippen LogP contribution in [0.2, 0.25) is 0 Å². The summed E-state index contributed by atoms with van der Waals surface area (Å²) in [6.07, 6.45) is 0. The van der Waals surface area contributed by atoms with E-state index in [2.05, 4.69) is 0 Å². The molecule has 0 amide bonds. The Kier molecular flexibility index (Phi) is 2.44. The first-order valence-electron chi connectivity index (χ1n) is 12.7. The van der Waals surface area contributed by atoms with Crippen LogP contribution < -0.4 is 5.46 Å². The van der Waals surface area contributed by atoms with Crippen molar-refractivity contribution >= 4 is 34.4 Å². The Bertz CT molecular complexity index is 1520. The fourth-order valence-electron chi connectivity index (χ4n) is 3.44. The molecule has 2 heterocycles. The third-order valence-electron chi connectivity index (χ3n) is 5.68. The fourth-order valence-corrected chi connectivity index (χ4v) is 3.44. The van der Waals surface area contributed by atoms with Crippen LogP contribution in [0.1, 0.15) is 37.3 Å². The molecule has 4 aromatic rings. The molecular formula is C24H24BNO2. The van der Waals surface area contributed by atoms with Crippen LogP contribution >= 0.6 is 0 Å². The van der Waals surface area contributed by atoms with Crippen LogP contribution in [0.15, 0.2) is 72.6 Å². The Hall–Kier alpha value is -2.56. The lowest BCUT2D eigenvalue weighted by Crippen LogP contribution is -2.41. The molecular weight excluding hydrogens is 345 g/mol. The van der Waals surface area contributed by atoms with E-state index >= 15 is 0 Å². The normalized spacial score (nSPS) is 21.7. The average Bonchev–Trinajstić information content (AvgIpc) is 3.26. The molecule has 1 fully saturated rings. The van der Waals surface area contributed by atoms with Crippen molar-refractivity contribution in [2.75, 3.05) is 0 Å². The lowest BCUT2D eigenvalue weighted by Gasteiger charge is -2.32. The van der Waals surface area contributed by atoms with Crippen LogP contribution in [0.25, 0.3) is 27.5 Å². The Morgan fingerprint density at radius 3 is 2.18 bits per heavy atom. The summed E-state index contributed by atoms with van der Waals surface area (Å²) in [6, 6.07) is 6.90. The van der Waals surface area contributed by atoms with Crippen molar-refractivity contribution in [3.05, 3.63) is 72.6 Å². The SMILES string of the molecule is [2H]c1c([2H])c([2H])c2c(c1[2H])c1c([2H])c(B3OC(C)(C)C(C)(C)O3)c([2H])c([2H])c1n2-c1ccccc1. The minimum Gasteiger partial charge on any atom is -0.399 e. The molecule has 1 aliphatic heterocycles. The van der Waals surface area contributed by atoms with E-state index in [0.717, 1.165) is 0 Å². The molecule has 5 rings (SSSR count). The number of fused-ring (bicyclic) bond motifs is 3. The highest BCUT2D eigenvalue weighted by atomic mass is 16.7. The fraction of sp³-hybridized carbons (Fsp3) is 0.250. The van der Waals surface area contributed by atoms with E-state index < -0.39 is 30.4 Å². The highest BCUT2D eigenvalue weighted by Gasteiger charge is 2.51. The number of para-hydroxylation sites is 2. The van der Waals surface area contributed by atoms with Crippen molar-refractivity contribution < 1.29 is 18.9 Å². The molecule has 1 aromatic heterocycles. The minimum atomic E-state index is -1.07. The minimum absolute atomic E-state index is 0.0701. The van der Waals surface area contributed by atoms with Crippen LogP contribution in [0.3, 0.4) is 0 Å². The first kappa shape index (κ1) is 11.4. The van der Waals surface area contributed by atoms with Crippen LogP contribution in [0.4, 0.5) is 0 Å². The second kappa shape index (κ2) is 5.97. The van der Waals surface area contributed by atoms with E-state index in [1.54, 1.807) is 28.8 Å². The summed E-state index contributed by atoms with van der Waals surface area (Å²) in [5.74, 6) is 0. The van der Waals surface area contributed by atoms with Crippen molar-refractivity contribution in [1.29, 1.82) is 0 Å². The van der Waals surface area contributed by atoms with E-state index in [1.165, 1.54) is 0 Å². The number of nitrogens with zero attached hydrogens (tertiary/aromatic N) is 1. The number of hydrogen-bond acceptors (Lipinski definition) is 2. The van der Waals surface area contributed by atoms with Crippen molar-refractivity contribution in [2.45, 2.75) is 38.9 Å². The highest BCUT2D eigenvalue weighted by molar-refractivity contribution is 6.62. The van der Waals surface area contributed by atoms with Crippen LogP contribution in [0, 0.1) is 0 Å². The molecule has 0 saturated carbocycles. The predicted molar refractivity (Wildman–Crippen MR) is 116 cm³/mol. The maximum Gasteiger partial charge on any atom is 0.494 e. The maximum absolute atomic E-state index is 9.12. The summed E-state index contributed by atoms with van der Waals surface area (Å²) in [7, 11) is -1.07. The van der Waals surface area contributed by atoms with Crippen LogP contribution in [-0.4, -0.2) is 22.9 Å². The van der Waals surface area contributed by atoms with Gasteiger partial charge in [-0.1, -0.05) is 48.4 Å². The third-order valence-corrected chi connectivity index (χ3v) is 5.68. The summed E-state index contributed by atoms with van der Waals surface area (Å²) in [5.41, 5.74) is -0.489. The van der Waals surface area contributed by atoms with Crippen molar-refractivity contribution in [3.8, 4) is 5.69 Å². The van der Waals surface area contributed by atoms with Crippen LogP contribution in [0.5, 0.6) is 0 Å². The highest BCUT2D eigenvalue weighted by Crippen LogP contribution is 2.37. The first-order chi connectivity index (χ1) is 16.3. The lowest BCUT2D eigenvalue weighted by molar-refractivity contribution is 0.00578. The quantitative estimate of drug-likeness (QED) is 0.456. The van der Waals surface area contributed by atoms with Gasteiger partial charge >= 0.3 is 7.12 Å². The van der Waals surface area contributed by atoms with E-state index in [4.69, 9.17) is 18.9 Å². The molecule has 1 saturated heterocycles. The Morgan fingerprint density at radius 1 is 0.821 bits per heavy atom. The Balaban J connectivity index is 1.99. The van der Waals surface area contributed by atoms with Gasteiger partial charge in [0.1, 0.15) is 0 Å². The summed E-state index contributed by atoms with van der Waals surface area (Å²) >= 11 is 0. The first-order valence-corrected chi connectivity index (χ1v) is 9.25. The molecule has 28 heavy (non-hydrogen) atoms. The second-order valence-corrected chi connectivity index (χ2v) is 8.00. The van der Waals surface area contributed by atoms with Gasteiger partial charge in [0.25, 0.3) is 0 Å². The zero-order chi connectivity index (χ0) is 25.6. The molecule has 0 spiro atoms. The second-order valence-electron chi connectivity index (χ2n) is 8.00. The number of hydrogen-bond donors (Lipinski definition) is 0. The predicted octanol–water partition coefficient (Wildman–Crippen LogP) is 5.08. The number of aromatic nitrogens is 1. The molecule has 3 aromatic carbocycles. The van der Waals surface area contributed by atoms with Crippen molar-refractivity contribution in [3.63, 3.8) is 0 Å². The van der Waals surface area contributed by atoms with E-state index in [1.807, 2.05) is 33.8 Å². The van der Waals surface area contributed by atoms with Crippen molar-refractivity contribution in [1.82, 2.24) is 4.57 Å². The van der Waals surface area contributed by atoms with Crippen molar-refractivity contribution in [2.24, 2.45) is 0 Å². The molecule has 140 valence electrons. The number of benzene rings is 3. The molecule has 0 bridgehead atoms. The van der Waals surface area contributed by atoms with Gasteiger partial charge < -0.3 is 13.9 Å². The van der Waals surface area contributed by atoms with Gasteiger partial charge in [-0.2, -0.15) is 0 Å². The molecule has 0 radical (unpaired) electrons. The van der Waals surface area contributed by atoms with Gasteiger partial charge in [0, 0.05) is 16.5 Å². The third kappa shape index (κ3) is 2.52. The summed E-state index contributed by atoms with van der Waals surface area (Å²) < 4.78 is 74.4. The summed E-state index contributed by atoms with van der Waals surface area (Å²) in [5, 5.41) is 0.299. The molecule has 4 heteroatoms. The molecule has 0 unspecified atom stereocenters. The van der Waals surface area contributed by atoms with Gasteiger partial charge in [-0.25, -0.2) is 0 Å². The largest absolute Gasteiger partial charge is 0.494 e. The summed E-state index contributed by atoms with van der Waals surface area (Å²) in [6.45, 7) is 7.44. The van der Waals surface area contributed by atoms with E-state index in [-0.39, 0.29) is 57.5 Å². The smallest absolute Gasteiger partial charge is 0.399 e. The van der Waals surface area contributed by atoms with Gasteiger partial charge in [0.05, 0.1) is 31.8 Å². The van der Waals surface area contributed by atoms with Crippen LogP contribution in [-0.2, 0) is 9.31 Å². The van der Waals surface area contributed by atoms with Gasteiger partial charge in [0.15, 0.2) is 0 Å². The zero-order valence-corrected chi connectivity index (χ0v) is 16.2. The monoisotopic (exact) mass is 376 g/mol. The Morgan fingerprint density at radius 2 is 1.46 bits per heavy atom. The maximum atomic E-state index is 9.12. The molecule has 0 aliphatic carbocycles. The zero-order valence-electron chi connectivity index (χ0n) is 23.2. The molecule has 1 aliphatic rings. The molecule has 0 N–H and O–H groups in total. The Labute approximate surface area is 175 Å².